The second-order valence-electron chi connectivity index (χ2n) is 5.85. The third-order valence-electron chi connectivity index (χ3n) is 4.26. The van der Waals surface area contributed by atoms with E-state index in [1.807, 2.05) is 6.07 Å². The van der Waals surface area contributed by atoms with Gasteiger partial charge < -0.3 is 10.6 Å². The fraction of sp³-hybridized carbons (Fsp3) is 0.562. The summed E-state index contributed by atoms with van der Waals surface area (Å²) in [7, 11) is 0. The van der Waals surface area contributed by atoms with Crippen molar-refractivity contribution in [3.05, 3.63) is 35.6 Å². The first-order chi connectivity index (χ1) is 9.74. The normalized spacial score (nSPS) is 27.2. The lowest BCUT2D eigenvalue weighted by Gasteiger charge is -2.21. The molecule has 108 valence electrons. The van der Waals surface area contributed by atoms with Crippen molar-refractivity contribution in [2.45, 2.75) is 44.1 Å². The van der Waals surface area contributed by atoms with Crippen LogP contribution in [0.25, 0.3) is 0 Å². The molecule has 0 bridgehead atoms. The molecule has 20 heavy (non-hydrogen) atoms. The SMILES string of the molecule is NC(=N[C@@H]1C[C@H]1c1cccc(F)c1)N1CCCCCC1. The number of aliphatic imine (C=N–C) groups is 1. The summed E-state index contributed by atoms with van der Waals surface area (Å²) in [5.74, 6) is 0.852. The molecule has 2 aliphatic rings. The molecule has 3 rings (SSSR count). The van der Waals surface area contributed by atoms with Crippen LogP contribution in [0.5, 0.6) is 0 Å². The zero-order valence-electron chi connectivity index (χ0n) is 11.8. The topological polar surface area (TPSA) is 41.6 Å². The minimum atomic E-state index is -0.169. The molecule has 1 saturated carbocycles. The van der Waals surface area contributed by atoms with Crippen LogP contribution in [-0.4, -0.2) is 30.0 Å². The van der Waals surface area contributed by atoms with Crippen LogP contribution in [-0.2, 0) is 0 Å². The molecule has 2 fully saturated rings. The van der Waals surface area contributed by atoms with Gasteiger partial charge in [0.1, 0.15) is 5.82 Å². The molecule has 4 heteroatoms. The lowest BCUT2D eigenvalue weighted by Crippen LogP contribution is -2.38. The molecule has 3 nitrogen and oxygen atoms in total. The summed E-state index contributed by atoms with van der Waals surface area (Å²) in [6.07, 6.45) is 5.97. The van der Waals surface area contributed by atoms with Crippen molar-refractivity contribution in [3.63, 3.8) is 0 Å². The number of nitrogens with two attached hydrogens (primary N) is 1. The van der Waals surface area contributed by atoms with Crippen LogP contribution in [0.1, 0.15) is 43.6 Å². The maximum absolute atomic E-state index is 13.2. The quantitative estimate of drug-likeness (QED) is 0.666. The van der Waals surface area contributed by atoms with Crippen molar-refractivity contribution < 1.29 is 4.39 Å². The fourth-order valence-corrected chi connectivity index (χ4v) is 2.97. The van der Waals surface area contributed by atoms with Crippen LogP contribution >= 0.6 is 0 Å². The highest BCUT2D eigenvalue weighted by Gasteiger charge is 2.39. The van der Waals surface area contributed by atoms with E-state index in [0.29, 0.717) is 11.9 Å². The third kappa shape index (κ3) is 3.11. The van der Waals surface area contributed by atoms with Gasteiger partial charge in [-0.05, 0) is 37.0 Å². The molecule has 0 spiro atoms. The summed E-state index contributed by atoms with van der Waals surface area (Å²) in [5, 5.41) is 0. The van der Waals surface area contributed by atoms with E-state index in [-0.39, 0.29) is 11.9 Å². The van der Waals surface area contributed by atoms with Gasteiger partial charge in [0.25, 0.3) is 0 Å². The molecule has 0 unspecified atom stereocenters. The minimum Gasteiger partial charge on any atom is -0.370 e. The molecule has 1 saturated heterocycles. The van der Waals surface area contributed by atoms with Gasteiger partial charge in [0, 0.05) is 19.0 Å². The predicted octanol–water partition coefficient (Wildman–Crippen LogP) is 2.87. The first-order valence-electron chi connectivity index (χ1n) is 7.58. The summed E-state index contributed by atoms with van der Waals surface area (Å²) in [5.41, 5.74) is 7.17. The Hall–Kier alpha value is -1.58. The summed E-state index contributed by atoms with van der Waals surface area (Å²) in [4.78, 5) is 6.84. The van der Waals surface area contributed by atoms with E-state index in [1.54, 1.807) is 12.1 Å². The molecule has 1 aliphatic heterocycles. The molecule has 1 aliphatic carbocycles. The van der Waals surface area contributed by atoms with Gasteiger partial charge in [-0.3, -0.25) is 0 Å². The maximum atomic E-state index is 13.2. The predicted molar refractivity (Wildman–Crippen MR) is 79.2 cm³/mol. The minimum absolute atomic E-state index is 0.169. The van der Waals surface area contributed by atoms with Crippen LogP contribution in [0, 0.1) is 5.82 Å². The van der Waals surface area contributed by atoms with Crippen molar-refractivity contribution in [3.8, 4) is 0 Å². The first kappa shape index (κ1) is 13.4. The maximum Gasteiger partial charge on any atom is 0.191 e. The third-order valence-corrected chi connectivity index (χ3v) is 4.26. The van der Waals surface area contributed by atoms with Crippen molar-refractivity contribution in [2.24, 2.45) is 10.7 Å². The van der Waals surface area contributed by atoms with E-state index in [0.717, 1.165) is 25.1 Å². The summed E-state index contributed by atoms with van der Waals surface area (Å²) in [6.45, 7) is 2.04. The second-order valence-corrected chi connectivity index (χ2v) is 5.85. The first-order valence-corrected chi connectivity index (χ1v) is 7.58. The highest BCUT2D eigenvalue weighted by atomic mass is 19.1. The number of halogens is 1. The molecule has 1 heterocycles. The van der Waals surface area contributed by atoms with Gasteiger partial charge in [0.2, 0.25) is 0 Å². The van der Waals surface area contributed by atoms with E-state index in [2.05, 4.69) is 9.89 Å². The highest BCUT2D eigenvalue weighted by Crippen LogP contribution is 2.43. The molecule has 0 aromatic heterocycles. The van der Waals surface area contributed by atoms with Crippen molar-refractivity contribution in [1.82, 2.24) is 4.90 Å². The molecule has 0 radical (unpaired) electrons. The zero-order chi connectivity index (χ0) is 13.9. The van der Waals surface area contributed by atoms with Gasteiger partial charge in [-0.25, -0.2) is 9.38 Å². The average Bonchev–Trinajstić information content (AvgIpc) is 3.21. The number of hydrogen-bond acceptors (Lipinski definition) is 1. The van der Waals surface area contributed by atoms with E-state index >= 15 is 0 Å². The number of likely N-dealkylation sites (tertiary alicyclic amines) is 1. The largest absolute Gasteiger partial charge is 0.370 e. The summed E-state index contributed by atoms with van der Waals surface area (Å²) >= 11 is 0. The van der Waals surface area contributed by atoms with E-state index in [4.69, 9.17) is 5.73 Å². The van der Waals surface area contributed by atoms with Crippen LogP contribution in [0.15, 0.2) is 29.3 Å². The molecule has 2 N–H and O–H groups in total. The molecule has 2 atom stereocenters. The van der Waals surface area contributed by atoms with Crippen LogP contribution < -0.4 is 5.73 Å². The summed E-state index contributed by atoms with van der Waals surface area (Å²) in [6, 6.07) is 7.07. The number of hydrogen-bond donors (Lipinski definition) is 1. The van der Waals surface area contributed by atoms with E-state index in [1.165, 1.54) is 31.7 Å². The van der Waals surface area contributed by atoms with Gasteiger partial charge in [0.15, 0.2) is 5.96 Å². The second kappa shape index (κ2) is 5.81. The van der Waals surface area contributed by atoms with E-state index < -0.39 is 0 Å². The smallest absolute Gasteiger partial charge is 0.191 e. The fourth-order valence-electron chi connectivity index (χ4n) is 2.97. The van der Waals surface area contributed by atoms with Crippen molar-refractivity contribution >= 4 is 5.96 Å². The number of guanidine groups is 1. The standard InChI is InChI=1S/C16H22FN3/c17-13-7-5-6-12(10-13)14-11-15(14)19-16(18)20-8-3-1-2-4-9-20/h5-7,10,14-15H,1-4,8-9,11H2,(H2,18,19)/t14-,15+/m0/s1. The van der Waals surface area contributed by atoms with Gasteiger partial charge in [0.05, 0.1) is 6.04 Å². The summed E-state index contributed by atoms with van der Waals surface area (Å²) < 4.78 is 13.2. The lowest BCUT2D eigenvalue weighted by molar-refractivity contribution is 0.428. The number of nitrogens with zero attached hydrogens (tertiary/aromatic N) is 2. The average molecular weight is 275 g/mol. The lowest BCUT2D eigenvalue weighted by atomic mass is 10.1. The molecular weight excluding hydrogens is 253 g/mol. The Morgan fingerprint density at radius 1 is 1.20 bits per heavy atom. The van der Waals surface area contributed by atoms with Crippen LogP contribution in [0.4, 0.5) is 4.39 Å². The Morgan fingerprint density at radius 3 is 2.65 bits per heavy atom. The molecular formula is C16H22FN3. The van der Waals surface area contributed by atoms with Gasteiger partial charge in [-0.2, -0.15) is 0 Å². The van der Waals surface area contributed by atoms with Gasteiger partial charge in [-0.15, -0.1) is 0 Å². The van der Waals surface area contributed by atoms with Crippen molar-refractivity contribution in [1.29, 1.82) is 0 Å². The Labute approximate surface area is 119 Å². The zero-order valence-corrected chi connectivity index (χ0v) is 11.8. The number of rotatable bonds is 2. The van der Waals surface area contributed by atoms with Crippen molar-refractivity contribution in [2.75, 3.05) is 13.1 Å². The molecule has 0 amide bonds. The monoisotopic (exact) mass is 275 g/mol. The molecule has 1 aromatic rings. The van der Waals surface area contributed by atoms with Crippen LogP contribution in [0.2, 0.25) is 0 Å². The Balaban J connectivity index is 1.62. The Kier molecular flexibility index (Phi) is 3.90. The Morgan fingerprint density at radius 2 is 1.95 bits per heavy atom. The van der Waals surface area contributed by atoms with Crippen LogP contribution in [0.3, 0.4) is 0 Å². The highest BCUT2D eigenvalue weighted by molar-refractivity contribution is 5.78. The number of benzene rings is 1. The van der Waals surface area contributed by atoms with E-state index in [9.17, 15) is 4.39 Å². The van der Waals surface area contributed by atoms with Gasteiger partial charge in [-0.1, -0.05) is 25.0 Å². The molecule has 1 aromatic carbocycles. The van der Waals surface area contributed by atoms with Gasteiger partial charge >= 0.3 is 0 Å². The Bertz CT molecular complexity index is 492.